The Bertz CT molecular complexity index is 835. The number of nitrogens with one attached hydrogen (secondary N) is 1. The lowest BCUT2D eigenvalue weighted by atomic mass is 10.0. The Morgan fingerprint density at radius 2 is 2.07 bits per heavy atom. The summed E-state index contributed by atoms with van der Waals surface area (Å²) >= 11 is 7.62. The van der Waals surface area contributed by atoms with E-state index in [0.717, 1.165) is 84.9 Å². The molecule has 0 radical (unpaired) electrons. The molecular weight excluding hydrogens is 403 g/mol. The van der Waals surface area contributed by atoms with Crippen LogP contribution in [0.4, 0.5) is 0 Å². The third-order valence-corrected chi connectivity index (χ3v) is 6.64. The van der Waals surface area contributed by atoms with Crippen LogP contribution in [0.1, 0.15) is 30.4 Å². The summed E-state index contributed by atoms with van der Waals surface area (Å²) in [6, 6.07) is 6.10. The van der Waals surface area contributed by atoms with Gasteiger partial charge in [0.1, 0.15) is 11.9 Å². The molecule has 0 aliphatic carbocycles. The minimum Gasteiger partial charge on any atom is -0.490 e. The molecule has 1 aromatic heterocycles. The van der Waals surface area contributed by atoms with Crippen molar-refractivity contribution in [1.82, 2.24) is 9.88 Å². The highest BCUT2D eigenvalue weighted by molar-refractivity contribution is 7.98. The number of aryl methyl sites for hydroxylation is 1. The van der Waals surface area contributed by atoms with Crippen LogP contribution in [0.25, 0.3) is 10.9 Å². The molecule has 0 bridgehead atoms. The van der Waals surface area contributed by atoms with Gasteiger partial charge in [0.05, 0.1) is 0 Å². The zero-order chi connectivity index (χ0) is 17.9. The second-order valence-corrected chi connectivity index (χ2v) is 8.61. The van der Waals surface area contributed by atoms with Crippen LogP contribution in [0, 0.1) is 0 Å². The summed E-state index contributed by atoms with van der Waals surface area (Å²) in [7, 11) is 0. The lowest BCUT2D eigenvalue weighted by molar-refractivity contribution is 0.101. The molecule has 0 spiro atoms. The van der Waals surface area contributed by atoms with E-state index in [1.54, 1.807) is 0 Å². The first-order valence-electron chi connectivity index (χ1n) is 9.45. The number of aromatic amines is 1. The van der Waals surface area contributed by atoms with Gasteiger partial charge in [0, 0.05) is 41.2 Å². The SMILES string of the molecule is Cl.O=c1[nH]c2ccc(OC3CCN(CCCCl)CC3)cc2c2c1CSCC2. The summed E-state index contributed by atoms with van der Waals surface area (Å²) in [4.78, 5) is 17.8. The van der Waals surface area contributed by atoms with Crippen LogP contribution in [-0.4, -0.2) is 47.3 Å². The number of fused-ring (bicyclic) bond motifs is 3. The first kappa shape index (κ1) is 20.8. The van der Waals surface area contributed by atoms with Crippen molar-refractivity contribution >= 4 is 46.7 Å². The van der Waals surface area contributed by atoms with Gasteiger partial charge in [0.15, 0.2) is 0 Å². The topological polar surface area (TPSA) is 45.3 Å². The lowest BCUT2D eigenvalue weighted by Crippen LogP contribution is -2.38. The summed E-state index contributed by atoms with van der Waals surface area (Å²) < 4.78 is 6.29. The van der Waals surface area contributed by atoms with Gasteiger partial charge >= 0.3 is 0 Å². The zero-order valence-electron chi connectivity index (χ0n) is 15.3. The number of ether oxygens (including phenoxy) is 1. The number of benzene rings is 1. The number of aromatic nitrogens is 1. The Hall–Kier alpha value is -0.880. The molecule has 1 saturated heterocycles. The Balaban J connectivity index is 0.00000210. The minimum absolute atomic E-state index is 0. The summed E-state index contributed by atoms with van der Waals surface area (Å²) in [5, 5.41) is 1.15. The van der Waals surface area contributed by atoms with E-state index in [-0.39, 0.29) is 24.1 Å². The second kappa shape index (κ2) is 9.55. The molecule has 4 rings (SSSR count). The number of piperidine rings is 1. The number of likely N-dealkylation sites (tertiary alicyclic amines) is 1. The lowest BCUT2D eigenvalue weighted by Gasteiger charge is -2.32. The Morgan fingerprint density at radius 3 is 2.85 bits per heavy atom. The molecule has 0 unspecified atom stereocenters. The first-order chi connectivity index (χ1) is 12.7. The van der Waals surface area contributed by atoms with Gasteiger partial charge in [-0.2, -0.15) is 11.8 Å². The normalized spacial score (nSPS) is 18.1. The third kappa shape index (κ3) is 4.76. The predicted molar refractivity (Wildman–Crippen MR) is 117 cm³/mol. The van der Waals surface area contributed by atoms with Crippen LogP contribution in [0.5, 0.6) is 5.75 Å². The number of nitrogens with zero attached hydrogens (tertiary/aromatic N) is 1. The van der Waals surface area contributed by atoms with Crippen molar-refractivity contribution in [1.29, 1.82) is 0 Å². The molecule has 0 saturated carbocycles. The number of hydrogen-bond acceptors (Lipinski definition) is 4. The van der Waals surface area contributed by atoms with Gasteiger partial charge in [-0.3, -0.25) is 4.79 Å². The average molecular weight is 429 g/mol. The van der Waals surface area contributed by atoms with E-state index in [4.69, 9.17) is 16.3 Å². The molecule has 2 aliphatic rings. The molecule has 2 aromatic rings. The highest BCUT2D eigenvalue weighted by Crippen LogP contribution is 2.30. The molecule has 3 heterocycles. The van der Waals surface area contributed by atoms with Gasteiger partial charge < -0.3 is 14.6 Å². The highest BCUT2D eigenvalue weighted by atomic mass is 35.5. The van der Waals surface area contributed by atoms with Crippen molar-refractivity contribution in [3.8, 4) is 5.75 Å². The van der Waals surface area contributed by atoms with Crippen LogP contribution < -0.4 is 10.3 Å². The quantitative estimate of drug-likeness (QED) is 0.724. The van der Waals surface area contributed by atoms with E-state index >= 15 is 0 Å². The Kier molecular flexibility index (Phi) is 7.37. The molecule has 148 valence electrons. The van der Waals surface area contributed by atoms with Crippen LogP contribution in [-0.2, 0) is 12.2 Å². The van der Waals surface area contributed by atoms with E-state index in [1.165, 1.54) is 5.56 Å². The molecule has 1 N–H and O–H groups in total. The van der Waals surface area contributed by atoms with Gasteiger partial charge in [-0.05, 0) is 61.7 Å². The largest absolute Gasteiger partial charge is 0.490 e. The van der Waals surface area contributed by atoms with Gasteiger partial charge in [-0.15, -0.1) is 24.0 Å². The molecule has 27 heavy (non-hydrogen) atoms. The standard InChI is InChI=1S/C20H25ClN2O2S.ClH/c21-7-1-8-23-9-4-14(5-10-23)25-15-2-3-19-17(12-15)16-6-11-26-13-18(16)20(24)22-19;/h2-3,12,14H,1,4-11,13H2,(H,22,24);1H. The van der Waals surface area contributed by atoms with E-state index in [0.29, 0.717) is 0 Å². The first-order valence-corrected chi connectivity index (χ1v) is 11.1. The third-order valence-electron chi connectivity index (χ3n) is 5.39. The maximum Gasteiger partial charge on any atom is 0.252 e. The van der Waals surface area contributed by atoms with Gasteiger partial charge in [-0.1, -0.05) is 0 Å². The van der Waals surface area contributed by atoms with Crippen LogP contribution in [0.2, 0.25) is 0 Å². The average Bonchev–Trinajstić information content (AvgIpc) is 2.68. The van der Waals surface area contributed by atoms with Crippen molar-refractivity contribution in [2.24, 2.45) is 0 Å². The van der Waals surface area contributed by atoms with E-state index in [2.05, 4.69) is 16.0 Å². The summed E-state index contributed by atoms with van der Waals surface area (Å²) in [6.45, 7) is 3.24. The maximum absolute atomic E-state index is 12.3. The molecule has 1 aromatic carbocycles. The van der Waals surface area contributed by atoms with Crippen molar-refractivity contribution < 1.29 is 4.74 Å². The summed E-state index contributed by atoms with van der Waals surface area (Å²) in [5.41, 5.74) is 3.14. The number of hydrogen-bond donors (Lipinski definition) is 1. The molecule has 2 aliphatic heterocycles. The number of halogens is 2. The molecule has 0 amide bonds. The smallest absolute Gasteiger partial charge is 0.252 e. The van der Waals surface area contributed by atoms with Crippen LogP contribution >= 0.6 is 35.8 Å². The van der Waals surface area contributed by atoms with Gasteiger partial charge in [0.25, 0.3) is 5.56 Å². The molecule has 4 nitrogen and oxygen atoms in total. The van der Waals surface area contributed by atoms with E-state index in [1.807, 2.05) is 23.9 Å². The number of thioether (sulfide) groups is 1. The number of H-pyrrole nitrogens is 1. The molecular formula is C20H26Cl2N2O2S. The zero-order valence-corrected chi connectivity index (χ0v) is 17.7. The van der Waals surface area contributed by atoms with Crippen LogP contribution in [0.3, 0.4) is 0 Å². The number of rotatable bonds is 5. The van der Waals surface area contributed by atoms with Gasteiger partial charge in [0.2, 0.25) is 0 Å². The summed E-state index contributed by atoms with van der Waals surface area (Å²) in [6.07, 6.45) is 4.40. The van der Waals surface area contributed by atoms with Crippen molar-refractivity contribution in [3.63, 3.8) is 0 Å². The maximum atomic E-state index is 12.3. The highest BCUT2D eigenvalue weighted by Gasteiger charge is 2.21. The van der Waals surface area contributed by atoms with E-state index in [9.17, 15) is 4.79 Å². The number of pyridine rings is 1. The van der Waals surface area contributed by atoms with Gasteiger partial charge in [-0.25, -0.2) is 0 Å². The van der Waals surface area contributed by atoms with Crippen LogP contribution in [0.15, 0.2) is 23.0 Å². The van der Waals surface area contributed by atoms with Crippen molar-refractivity contribution in [3.05, 3.63) is 39.7 Å². The second-order valence-electron chi connectivity index (χ2n) is 7.12. The summed E-state index contributed by atoms with van der Waals surface area (Å²) in [5.74, 6) is 3.55. The predicted octanol–water partition coefficient (Wildman–Crippen LogP) is 4.21. The van der Waals surface area contributed by atoms with Crippen molar-refractivity contribution in [2.75, 3.05) is 31.3 Å². The Labute approximate surface area is 175 Å². The molecule has 0 atom stereocenters. The molecule has 7 heteroatoms. The fourth-order valence-corrected chi connectivity index (χ4v) is 5.09. The Morgan fingerprint density at radius 1 is 1.26 bits per heavy atom. The fraction of sp³-hybridized carbons (Fsp3) is 0.550. The monoisotopic (exact) mass is 428 g/mol. The van der Waals surface area contributed by atoms with Crippen molar-refractivity contribution in [2.45, 2.75) is 37.5 Å². The van der Waals surface area contributed by atoms with E-state index < -0.39 is 0 Å². The minimum atomic E-state index is 0. The fourth-order valence-electron chi connectivity index (χ4n) is 3.97. The molecule has 1 fully saturated rings. The number of alkyl halides is 1.